The van der Waals surface area contributed by atoms with E-state index in [9.17, 15) is 8.42 Å². The van der Waals surface area contributed by atoms with E-state index in [0.29, 0.717) is 26.2 Å². The first kappa shape index (κ1) is 20.6. The lowest BCUT2D eigenvalue weighted by Crippen LogP contribution is -2.51. The van der Waals surface area contributed by atoms with Gasteiger partial charge in [-0.25, -0.2) is 18.4 Å². The first-order valence-electron chi connectivity index (χ1n) is 10.7. The zero-order valence-corrected chi connectivity index (χ0v) is 18.5. The molecule has 2 aliphatic heterocycles. The number of fused-ring (bicyclic) bond motifs is 3. The fraction of sp³-hybridized carbons (Fsp3) is 0.524. The summed E-state index contributed by atoms with van der Waals surface area (Å²) in [6, 6.07) is 4.08. The maximum atomic E-state index is 13.0. The monoisotopic (exact) mass is 444 g/mol. The number of hydrogen-bond donors (Lipinski definition) is 1. The molecule has 166 valence electrons. The van der Waals surface area contributed by atoms with Crippen LogP contribution in [0.25, 0.3) is 21.9 Å². The summed E-state index contributed by atoms with van der Waals surface area (Å²) in [5.41, 5.74) is 2.85. The number of aromatic nitrogens is 3. The third-order valence-electron chi connectivity index (χ3n) is 6.40. The molecule has 1 unspecified atom stereocenters. The van der Waals surface area contributed by atoms with Crippen molar-refractivity contribution >= 4 is 37.6 Å². The van der Waals surface area contributed by atoms with Gasteiger partial charge in [0.2, 0.25) is 10.0 Å². The molecule has 5 heterocycles. The first-order chi connectivity index (χ1) is 15.0. The molecule has 1 atom stereocenters. The fourth-order valence-electron chi connectivity index (χ4n) is 4.68. The Hall–Kier alpha value is -2.27. The number of pyridine rings is 2. The van der Waals surface area contributed by atoms with Gasteiger partial charge in [0.1, 0.15) is 5.88 Å². The maximum Gasteiger partial charge on any atom is 0.227 e. The highest BCUT2D eigenvalue weighted by Crippen LogP contribution is 2.31. The van der Waals surface area contributed by atoms with Crippen LogP contribution in [0.4, 0.5) is 5.69 Å². The van der Waals surface area contributed by atoms with Crippen molar-refractivity contribution in [3.8, 4) is 0 Å². The molecule has 0 spiro atoms. The fourth-order valence-corrected chi connectivity index (χ4v) is 6.37. The van der Waals surface area contributed by atoms with Crippen LogP contribution >= 0.6 is 0 Å². The Morgan fingerprint density at radius 3 is 2.81 bits per heavy atom. The van der Waals surface area contributed by atoms with Crippen molar-refractivity contribution in [2.24, 2.45) is 0 Å². The highest BCUT2D eigenvalue weighted by Gasteiger charge is 2.31. The zero-order valence-electron chi connectivity index (χ0n) is 17.7. The first-order valence-corrected chi connectivity index (χ1v) is 12.3. The molecule has 0 bridgehead atoms. The number of hydrogen-bond acceptors (Lipinski definition) is 7. The van der Waals surface area contributed by atoms with Crippen LogP contribution in [0.5, 0.6) is 0 Å². The number of aromatic amines is 1. The summed E-state index contributed by atoms with van der Waals surface area (Å²) in [4.78, 5) is 16.4. The highest BCUT2D eigenvalue weighted by molar-refractivity contribution is 7.89. The van der Waals surface area contributed by atoms with Gasteiger partial charge in [-0.15, -0.1) is 0 Å². The SMILES string of the molecule is COC1CCCN(S(=O)(=O)CN2CCN(c3cc[nH]c4cnc5nccc5c34)CC2)C1. The van der Waals surface area contributed by atoms with Crippen LogP contribution in [0, 0.1) is 0 Å². The van der Waals surface area contributed by atoms with E-state index in [-0.39, 0.29) is 12.0 Å². The van der Waals surface area contributed by atoms with Gasteiger partial charge in [-0.05, 0) is 25.0 Å². The largest absolute Gasteiger partial charge is 0.380 e. The molecule has 0 amide bonds. The molecular formula is C21H28N6O3S. The molecule has 2 saturated heterocycles. The minimum atomic E-state index is -3.32. The Balaban J connectivity index is 1.29. The van der Waals surface area contributed by atoms with Crippen LogP contribution in [-0.2, 0) is 14.8 Å². The highest BCUT2D eigenvalue weighted by atomic mass is 32.2. The van der Waals surface area contributed by atoms with E-state index in [2.05, 4.69) is 25.9 Å². The van der Waals surface area contributed by atoms with Crippen molar-refractivity contribution in [2.75, 3.05) is 57.2 Å². The molecule has 0 saturated carbocycles. The second kappa shape index (κ2) is 8.34. The third-order valence-corrected chi connectivity index (χ3v) is 8.21. The van der Waals surface area contributed by atoms with Crippen molar-refractivity contribution < 1.29 is 13.2 Å². The van der Waals surface area contributed by atoms with Gasteiger partial charge in [-0.1, -0.05) is 0 Å². The molecule has 10 heteroatoms. The topological polar surface area (TPSA) is 94.7 Å². The Labute approximate surface area is 182 Å². The summed E-state index contributed by atoms with van der Waals surface area (Å²) in [7, 11) is -1.67. The van der Waals surface area contributed by atoms with Crippen LogP contribution in [0.2, 0.25) is 0 Å². The van der Waals surface area contributed by atoms with E-state index in [1.165, 1.54) is 0 Å². The minimum absolute atomic E-state index is 0.000501. The molecule has 0 radical (unpaired) electrons. The van der Waals surface area contributed by atoms with E-state index < -0.39 is 10.0 Å². The van der Waals surface area contributed by atoms with Gasteiger partial charge in [0.05, 0.1) is 17.8 Å². The Morgan fingerprint density at radius 1 is 1.16 bits per heavy atom. The standard InChI is InChI=1S/C21H28N6O3S/c1-30-16-3-2-8-27(14-16)31(28,29)15-25-9-11-26(12-10-25)19-5-7-22-18-13-24-21-17(20(18)19)4-6-23-21/h4-7,13,16,22H,2-3,8-12,14-15H2,1H3. The molecule has 31 heavy (non-hydrogen) atoms. The Bertz CT molecular complexity index is 1170. The van der Waals surface area contributed by atoms with Crippen molar-refractivity contribution in [3.63, 3.8) is 0 Å². The number of nitrogens with one attached hydrogen (secondary N) is 1. The molecule has 2 aliphatic rings. The van der Waals surface area contributed by atoms with Gasteiger partial charge >= 0.3 is 0 Å². The second-order valence-electron chi connectivity index (χ2n) is 8.30. The summed E-state index contributed by atoms with van der Waals surface area (Å²) in [5, 5.41) is 2.15. The average Bonchev–Trinajstić information content (AvgIpc) is 3.28. The van der Waals surface area contributed by atoms with Gasteiger partial charge in [0.15, 0.2) is 5.65 Å². The van der Waals surface area contributed by atoms with Crippen molar-refractivity contribution in [1.82, 2.24) is 24.2 Å². The molecule has 0 aliphatic carbocycles. The van der Waals surface area contributed by atoms with E-state index >= 15 is 0 Å². The summed E-state index contributed by atoms with van der Waals surface area (Å²) in [5.74, 6) is 0.0710. The Morgan fingerprint density at radius 2 is 2.00 bits per heavy atom. The minimum Gasteiger partial charge on any atom is -0.380 e. The molecule has 1 N–H and O–H groups in total. The number of nitrogens with zero attached hydrogens (tertiary/aromatic N) is 5. The normalized spacial score (nSPS) is 21.8. The average molecular weight is 445 g/mol. The quantitative estimate of drug-likeness (QED) is 0.639. The number of piperidine rings is 1. The molecule has 5 rings (SSSR count). The predicted molar refractivity (Wildman–Crippen MR) is 121 cm³/mol. The smallest absolute Gasteiger partial charge is 0.227 e. The molecule has 3 aromatic rings. The summed E-state index contributed by atoms with van der Waals surface area (Å²) < 4.78 is 32.9. The van der Waals surface area contributed by atoms with Gasteiger partial charge < -0.3 is 14.6 Å². The number of methoxy groups -OCH3 is 1. The molecule has 0 aromatic carbocycles. The molecule has 9 nitrogen and oxygen atoms in total. The van der Waals surface area contributed by atoms with Crippen LogP contribution in [0.1, 0.15) is 12.8 Å². The van der Waals surface area contributed by atoms with E-state index in [1.807, 2.05) is 23.4 Å². The molecule has 2 fully saturated rings. The third kappa shape index (κ3) is 4.00. The number of piperazine rings is 1. The summed E-state index contributed by atoms with van der Waals surface area (Å²) in [6.45, 7) is 4.00. The van der Waals surface area contributed by atoms with E-state index in [1.54, 1.807) is 17.6 Å². The Kier molecular flexibility index (Phi) is 5.55. The number of H-pyrrole nitrogens is 1. The van der Waals surface area contributed by atoms with Gasteiger partial charge in [0.25, 0.3) is 0 Å². The van der Waals surface area contributed by atoms with Gasteiger partial charge in [0, 0.05) is 75.2 Å². The van der Waals surface area contributed by atoms with E-state index in [0.717, 1.165) is 53.6 Å². The van der Waals surface area contributed by atoms with Crippen LogP contribution in [0.3, 0.4) is 0 Å². The van der Waals surface area contributed by atoms with Crippen LogP contribution in [-0.4, -0.2) is 90.9 Å². The lowest BCUT2D eigenvalue weighted by atomic mass is 10.1. The zero-order chi connectivity index (χ0) is 21.4. The second-order valence-corrected chi connectivity index (χ2v) is 10.2. The summed E-state index contributed by atoms with van der Waals surface area (Å²) >= 11 is 0. The molecular weight excluding hydrogens is 416 g/mol. The lowest BCUT2D eigenvalue weighted by molar-refractivity contribution is 0.0567. The van der Waals surface area contributed by atoms with Crippen molar-refractivity contribution in [1.29, 1.82) is 0 Å². The maximum absolute atomic E-state index is 13.0. The lowest BCUT2D eigenvalue weighted by Gasteiger charge is -2.38. The van der Waals surface area contributed by atoms with Crippen LogP contribution < -0.4 is 4.90 Å². The van der Waals surface area contributed by atoms with Crippen molar-refractivity contribution in [2.45, 2.75) is 18.9 Å². The number of sulfonamides is 1. The van der Waals surface area contributed by atoms with Crippen molar-refractivity contribution in [3.05, 3.63) is 30.7 Å². The molecule has 3 aromatic heterocycles. The number of anilines is 1. The van der Waals surface area contributed by atoms with E-state index in [4.69, 9.17) is 4.74 Å². The van der Waals surface area contributed by atoms with Crippen LogP contribution in [0.15, 0.2) is 30.7 Å². The van der Waals surface area contributed by atoms with Gasteiger partial charge in [-0.2, -0.15) is 4.31 Å². The predicted octanol–water partition coefficient (Wildman–Crippen LogP) is 1.63. The van der Waals surface area contributed by atoms with Gasteiger partial charge in [-0.3, -0.25) is 4.90 Å². The summed E-state index contributed by atoms with van der Waals surface area (Å²) in [6.07, 6.45) is 7.31. The number of ether oxygens (including phenoxy) is 1. The number of rotatable bonds is 5.